The van der Waals surface area contributed by atoms with E-state index in [2.05, 4.69) is 20.8 Å². The zero-order chi connectivity index (χ0) is 11.9. The molecule has 90 valence electrons. The first-order valence-corrected chi connectivity index (χ1v) is 8.42. The molecule has 0 saturated carbocycles. The lowest BCUT2D eigenvalue weighted by molar-refractivity contribution is -0.137. The first-order chi connectivity index (χ1) is 6.99. The van der Waals surface area contributed by atoms with E-state index in [0.717, 1.165) is 18.1 Å². The third kappa shape index (κ3) is 5.32. The molecule has 0 aliphatic rings. The highest BCUT2D eigenvalue weighted by atomic mass is 28.4. The molecule has 0 heterocycles. The van der Waals surface area contributed by atoms with E-state index in [1.165, 1.54) is 0 Å². The molecule has 0 aliphatic heterocycles. The van der Waals surface area contributed by atoms with Gasteiger partial charge in [0.15, 0.2) is 8.32 Å². The Labute approximate surface area is 94.0 Å². The van der Waals surface area contributed by atoms with E-state index in [0.29, 0.717) is 6.42 Å². The van der Waals surface area contributed by atoms with Crippen molar-refractivity contribution in [3.8, 4) is 0 Å². The van der Waals surface area contributed by atoms with Crippen LogP contribution in [0.2, 0.25) is 18.1 Å². The molecular weight excluding hydrogens is 208 g/mol. The SMILES string of the molecule is CC[Si](CC)(CC)OC(C)CCC(=O)O. The molecule has 0 radical (unpaired) electrons. The van der Waals surface area contributed by atoms with Gasteiger partial charge in [0.1, 0.15) is 0 Å². The average Bonchev–Trinajstić information content (AvgIpc) is 2.23. The van der Waals surface area contributed by atoms with Crippen LogP contribution in [0.25, 0.3) is 0 Å². The molecule has 0 aliphatic carbocycles. The smallest absolute Gasteiger partial charge is 0.303 e. The van der Waals surface area contributed by atoms with Gasteiger partial charge in [0.2, 0.25) is 0 Å². The fourth-order valence-electron chi connectivity index (χ4n) is 1.81. The second kappa shape index (κ2) is 7.01. The Morgan fingerprint density at radius 3 is 2.07 bits per heavy atom. The minimum Gasteiger partial charge on any atom is -0.481 e. The topological polar surface area (TPSA) is 46.5 Å². The molecule has 0 aromatic heterocycles. The maximum Gasteiger partial charge on any atom is 0.303 e. The molecule has 0 aromatic rings. The molecule has 0 aromatic carbocycles. The van der Waals surface area contributed by atoms with Crippen LogP contribution in [0.4, 0.5) is 0 Å². The van der Waals surface area contributed by atoms with E-state index >= 15 is 0 Å². The van der Waals surface area contributed by atoms with Crippen LogP contribution in [0.5, 0.6) is 0 Å². The summed E-state index contributed by atoms with van der Waals surface area (Å²) in [6.45, 7) is 8.54. The molecule has 0 saturated heterocycles. The predicted molar refractivity (Wildman–Crippen MR) is 64.6 cm³/mol. The molecule has 1 N–H and O–H groups in total. The van der Waals surface area contributed by atoms with Gasteiger partial charge in [-0.15, -0.1) is 0 Å². The Morgan fingerprint density at radius 2 is 1.73 bits per heavy atom. The quantitative estimate of drug-likeness (QED) is 0.653. The second-order valence-corrected chi connectivity index (χ2v) is 8.83. The molecule has 0 spiro atoms. The van der Waals surface area contributed by atoms with Gasteiger partial charge in [-0.2, -0.15) is 0 Å². The lowest BCUT2D eigenvalue weighted by Gasteiger charge is -2.31. The van der Waals surface area contributed by atoms with Crippen molar-refractivity contribution >= 4 is 14.3 Å². The molecule has 0 rings (SSSR count). The monoisotopic (exact) mass is 232 g/mol. The molecule has 0 bridgehead atoms. The Balaban J connectivity index is 4.10. The number of carbonyl (C=O) groups is 1. The minimum absolute atomic E-state index is 0.0904. The summed E-state index contributed by atoms with van der Waals surface area (Å²) >= 11 is 0. The van der Waals surface area contributed by atoms with E-state index in [9.17, 15) is 4.79 Å². The van der Waals surface area contributed by atoms with Crippen molar-refractivity contribution in [2.75, 3.05) is 0 Å². The molecule has 1 atom stereocenters. The van der Waals surface area contributed by atoms with Crippen LogP contribution in [-0.4, -0.2) is 25.5 Å². The summed E-state index contributed by atoms with van der Waals surface area (Å²) in [5, 5.41) is 8.59. The summed E-state index contributed by atoms with van der Waals surface area (Å²) in [6.07, 6.45) is 0.931. The highest BCUT2D eigenvalue weighted by molar-refractivity contribution is 6.73. The van der Waals surface area contributed by atoms with E-state index in [1.807, 2.05) is 6.92 Å². The van der Waals surface area contributed by atoms with Crippen LogP contribution >= 0.6 is 0 Å². The summed E-state index contributed by atoms with van der Waals surface area (Å²) in [7, 11) is -1.55. The first-order valence-electron chi connectivity index (χ1n) is 5.89. The van der Waals surface area contributed by atoms with Crippen LogP contribution in [0.3, 0.4) is 0 Å². The third-order valence-corrected chi connectivity index (χ3v) is 7.92. The van der Waals surface area contributed by atoms with Gasteiger partial charge in [0.05, 0.1) is 0 Å². The van der Waals surface area contributed by atoms with E-state index in [-0.39, 0.29) is 12.5 Å². The molecule has 4 heteroatoms. The predicted octanol–water partition coefficient (Wildman–Crippen LogP) is 3.26. The molecule has 15 heavy (non-hydrogen) atoms. The number of carboxylic acids is 1. The van der Waals surface area contributed by atoms with E-state index < -0.39 is 14.3 Å². The number of hydrogen-bond donors (Lipinski definition) is 1. The first kappa shape index (κ1) is 14.6. The van der Waals surface area contributed by atoms with Gasteiger partial charge in [-0.05, 0) is 31.5 Å². The zero-order valence-electron chi connectivity index (χ0n) is 10.4. The van der Waals surface area contributed by atoms with Crippen LogP contribution in [0, 0.1) is 0 Å². The van der Waals surface area contributed by atoms with Crippen molar-refractivity contribution in [1.29, 1.82) is 0 Å². The third-order valence-electron chi connectivity index (χ3n) is 3.15. The summed E-state index contributed by atoms with van der Waals surface area (Å²) in [5.74, 6) is -0.734. The summed E-state index contributed by atoms with van der Waals surface area (Å²) in [6, 6.07) is 3.37. The Kier molecular flexibility index (Phi) is 6.84. The maximum absolute atomic E-state index is 10.4. The lowest BCUT2D eigenvalue weighted by Crippen LogP contribution is -2.39. The number of hydrogen-bond acceptors (Lipinski definition) is 2. The van der Waals surface area contributed by atoms with Crippen LogP contribution < -0.4 is 0 Å². The van der Waals surface area contributed by atoms with Crippen molar-refractivity contribution in [2.45, 2.75) is 64.8 Å². The van der Waals surface area contributed by atoms with Gasteiger partial charge in [-0.3, -0.25) is 4.79 Å². The second-order valence-electron chi connectivity index (χ2n) is 4.10. The van der Waals surface area contributed by atoms with Gasteiger partial charge in [0.25, 0.3) is 0 Å². The number of aliphatic carboxylic acids is 1. The van der Waals surface area contributed by atoms with Gasteiger partial charge in [-0.1, -0.05) is 20.8 Å². The summed E-state index contributed by atoms with van der Waals surface area (Å²) in [5.41, 5.74) is 0. The zero-order valence-corrected chi connectivity index (χ0v) is 11.4. The van der Waals surface area contributed by atoms with Gasteiger partial charge < -0.3 is 9.53 Å². The minimum atomic E-state index is -1.55. The Hall–Kier alpha value is -0.353. The largest absolute Gasteiger partial charge is 0.481 e. The molecule has 3 nitrogen and oxygen atoms in total. The van der Waals surface area contributed by atoms with Crippen LogP contribution in [-0.2, 0) is 9.22 Å². The number of carboxylic acid groups (broad SMARTS) is 1. The van der Waals surface area contributed by atoms with Crippen molar-refractivity contribution in [3.05, 3.63) is 0 Å². The van der Waals surface area contributed by atoms with E-state index in [1.54, 1.807) is 0 Å². The Bertz CT molecular complexity index is 182. The highest BCUT2D eigenvalue weighted by Crippen LogP contribution is 2.24. The van der Waals surface area contributed by atoms with Crippen molar-refractivity contribution in [2.24, 2.45) is 0 Å². The fraction of sp³-hybridized carbons (Fsp3) is 0.909. The fourth-order valence-corrected chi connectivity index (χ4v) is 4.78. The molecule has 0 amide bonds. The highest BCUT2D eigenvalue weighted by Gasteiger charge is 2.30. The van der Waals surface area contributed by atoms with E-state index in [4.69, 9.17) is 9.53 Å². The van der Waals surface area contributed by atoms with Crippen molar-refractivity contribution in [1.82, 2.24) is 0 Å². The Morgan fingerprint density at radius 1 is 1.27 bits per heavy atom. The number of rotatable bonds is 8. The standard InChI is InChI=1S/C11H24O3Si/c1-5-15(6-2,7-3)14-10(4)8-9-11(12)13/h10H,5-9H2,1-4H3,(H,12,13). The molecule has 0 fully saturated rings. The van der Waals surface area contributed by atoms with Crippen molar-refractivity contribution < 1.29 is 14.3 Å². The van der Waals surface area contributed by atoms with Crippen molar-refractivity contribution in [3.63, 3.8) is 0 Å². The van der Waals surface area contributed by atoms with Crippen LogP contribution in [0.1, 0.15) is 40.5 Å². The van der Waals surface area contributed by atoms with Gasteiger partial charge >= 0.3 is 5.97 Å². The summed E-state index contributed by atoms with van der Waals surface area (Å²) < 4.78 is 6.11. The van der Waals surface area contributed by atoms with Gasteiger partial charge in [0, 0.05) is 12.5 Å². The van der Waals surface area contributed by atoms with Crippen LogP contribution in [0.15, 0.2) is 0 Å². The lowest BCUT2D eigenvalue weighted by atomic mass is 10.2. The normalized spacial score (nSPS) is 13.9. The maximum atomic E-state index is 10.4. The van der Waals surface area contributed by atoms with Gasteiger partial charge in [-0.25, -0.2) is 0 Å². The molecular formula is C11H24O3Si. The molecule has 1 unspecified atom stereocenters. The summed E-state index contributed by atoms with van der Waals surface area (Å²) in [4.78, 5) is 10.4. The average molecular weight is 232 g/mol.